The second kappa shape index (κ2) is 4.73. The molecule has 2 heterocycles. The van der Waals surface area contributed by atoms with Crippen molar-refractivity contribution in [2.75, 3.05) is 5.43 Å². The molecule has 0 aliphatic carbocycles. The fraction of sp³-hybridized carbons (Fsp3) is 0.417. The van der Waals surface area contributed by atoms with Crippen LogP contribution in [0.5, 0.6) is 0 Å². The molecule has 0 aliphatic rings. The Kier molecular flexibility index (Phi) is 3.29. The predicted octanol–water partition coefficient (Wildman–Crippen LogP) is 1.44. The Labute approximate surface area is 106 Å². The van der Waals surface area contributed by atoms with E-state index in [1.54, 1.807) is 6.07 Å². The Morgan fingerprint density at radius 1 is 1.28 bits per heavy atom. The molecule has 96 valence electrons. The van der Waals surface area contributed by atoms with E-state index in [0.717, 1.165) is 23.6 Å². The number of nitrogen functional groups attached to an aromatic ring is 1. The minimum absolute atomic E-state index is 0.586. The second-order valence-electron chi connectivity index (χ2n) is 4.22. The number of nitrogens with zero attached hydrogens (tertiary/aromatic N) is 4. The number of nitrogens with one attached hydrogen (secondary N) is 1. The number of aryl methyl sites for hydroxylation is 2. The van der Waals surface area contributed by atoms with Gasteiger partial charge in [0.1, 0.15) is 11.6 Å². The van der Waals surface area contributed by atoms with E-state index in [2.05, 4.69) is 27.4 Å². The molecule has 6 nitrogen and oxygen atoms in total. The molecule has 0 aromatic carbocycles. The van der Waals surface area contributed by atoms with Gasteiger partial charge in [-0.05, 0) is 32.8 Å². The first kappa shape index (κ1) is 12.5. The van der Waals surface area contributed by atoms with Crippen LogP contribution in [0.1, 0.15) is 29.7 Å². The maximum absolute atomic E-state index is 5.40. The lowest BCUT2D eigenvalue weighted by atomic mass is 10.1. The lowest BCUT2D eigenvalue weighted by molar-refractivity contribution is 0.792. The van der Waals surface area contributed by atoms with E-state index in [4.69, 9.17) is 5.84 Å². The summed E-state index contributed by atoms with van der Waals surface area (Å²) in [4.78, 5) is 8.56. The van der Waals surface area contributed by atoms with E-state index >= 15 is 0 Å². The molecule has 2 rings (SSSR count). The van der Waals surface area contributed by atoms with Gasteiger partial charge in [-0.2, -0.15) is 5.10 Å². The number of hydrogen-bond donors (Lipinski definition) is 2. The number of hydrazine groups is 1. The lowest BCUT2D eigenvalue weighted by Crippen LogP contribution is -2.12. The van der Waals surface area contributed by atoms with Crippen molar-refractivity contribution in [1.29, 1.82) is 0 Å². The standard InChI is InChI=1S/C12H18N6/c1-5-10-7(2)17-18(8(10)3)12-6-11(16-13)14-9(4)15-12/h6H,5,13H2,1-4H3,(H,14,15,16). The highest BCUT2D eigenvalue weighted by molar-refractivity contribution is 5.42. The summed E-state index contributed by atoms with van der Waals surface area (Å²) in [6, 6.07) is 1.78. The Bertz CT molecular complexity index is 572. The van der Waals surface area contributed by atoms with E-state index in [1.807, 2.05) is 25.5 Å². The van der Waals surface area contributed by atoms with Crippen LogP contribution in [-0.4, -0.2) is 19.7 Å². The zero-order valence-corrected chi connectivity index (χ0v) is 11.2. The minimum atomic E-state index is 0.586. The third-order valence-corrected chi connectivity index (χ3v) is 2.98. The van der Waals surface area contributed by atoms with Gasteiger partial charge < -0.3 is 5.43 Å². The van der Waals surface area contributed by atoms with Gasteiger partial charge in [-0.3, -0.25) is 0 Å². The highest BCUT2D eigenvalue weighted by atomic mass is 15.3. The molecular weight excluding hydrogens is 228 g/mol. The lowest BCUT2D eigenvalue weighted by Gasteiger charge is -2.07. The van der Waals surface area contributed by atoms with Crippen molar-refractivity contribution in [3.05, 3.63) is 28.8 Å². The van der Waals surface area contributed by atoms with Crippen LogP contribution in [0.3, 0.4) is 0 Å². The summed E-state index contributed by atoms with van der Waals surface area (Å²) in [5.74, 6) is 7.37. The van der Waals surface area contributed by atoms with Gasteiger partial charge >= 0.3 is 0 Å². The van der Waals surface area contributed by atoms with Crippen molar-refractivity contribution < 1.29 is 0 Å². The van der Waals surface area contributed by atoms with Crippen LogP contribution >= 0.6 is 0 Å². The maximum atomic E-state index is 5.40. The first-order valence-electron chi connectivity index (χ1n) is 5.94. The largest absolute Gasteiger partial charge is 0.308 e. The molecule has 0 atom stereocenters. The Balaban J connectivity index is 2.58. The molecule has 0 unspecified atom stereocenters. The molecule has 2 aromatic rings. The van der Waals surface area contributed by atoms with Gasteiger partial charge in [-0.1, -0.05) is 6.92 Å². The van der Waals surface area contributed by atoms with Crippen LogP contribution in [0.15, 0.2) is 6.07 Å². The van der Waals surface area contributed by atoms with Crippen LogP contribution < -0.4 is 11.3 Å². The molecule has 2 aromatic heterocycles. The van der Waals surface area contributed by atoms with Gasteiger partial charge in [-0.15, -0.1) is 0 Å². The molecule has 0 fully saturated rings. The van der Waals surface area contributed by atoms with E-state index in [9.17, 15) is 0 Å². The maximum Gasteiger partial charge on any atom is 0.159 e. The summed E-state index contributed by atoms with van der Waals surface area (Å²) in [7, 11) is 0. The van der Waals surface area contributed by atoms with Crippen molar-refractivity contribution in [2.45, 2.75) is 34.1 Å². The summed E-state index contributed by atoms with van der Waals surface area (Å²) in [5, 5.41) is 4.53. The predicted molar refractivity (Wildman–Crippen MR) is 70.6 cm³/mol. The summed E-state index contributed by atoms with van der Waals surface area (Å²) in [6.07, 6.45) is 0.962. The molecule has 0 aliphatic heterocycles. The molecule has 0 radical (unpaired) electrons. The normalized spacial score (nSPS) is 10.7. The Morgan fingerprint density at radius 3 is 2.56 bits per heavy atom. The molecular formula is C12H18N6. The van der Waals surface area contributed by atoms with Gasteiger partial charge in [0.15, 0.2) is 5.82 Å². The van der Waals surface area contributed by atoms with E-state index in [-0.39, 0.29) is 0 Å². The highest BCUT2D eigenvalue weighted by Crippen LogP contribution is 2.18. The monoisotopic (exact) mass is 246 g/mol. The SMILES string of the molecule is CCc1c(C)nn(-c2cc(NN)nc(C)n2)c1C. The van der Waals surface area contributed by atoms with Crippen LogP contribution in [0.2, 0.25) is 0 Å². The van der Waals surface area contributed by atoms with Gasteiger partial charge in [0.25, 0.3) is 0 Å². The number of nitrogens with two attached hydrogens (primary N) is 1. The van der Waals surface area contributed by atoms with Crippen molar-refractivity contribution in [2.24, 2.45) is 5.84 Å². The molecule has 0 bridgehead atoms. The summed E-state index contributed by atoms with van der Waals surface area (Å²) in [6.45, 7) is 8.01. The third kappa shape index (κ3) is 2.06. The number of rotatable bonds is 3. The molecule has 0 saturated heterocycles. The van der Waals surface area contributed by atoms with Crippen LogP contribution in [0.25, 0.3) is 5.82 Å². The third-order valence-electron chi connectivity index (χ3n) is 2.98. The molecule has 0 amide bonds. The molecule has 3 N–H and O–H groups in total. The van der Waals surface area contributed by atoms with Crippen LogP contribution in [0.4, 0.5) is 5.82 Å². The van der Waals surface area contributed by atoms with Crippen molar-refractivity contribution in [1.82, 2.24) is 19.7 Å². The summed E-state index contributed by atoms with van der Waals surface area (Å²) < 4.78 is 1.84. The summed E-state index contributed by atoms with van der Waals surface area (Å²) in [5.41, 5.74) is 5.94. The van der Waals surface area contributed by atoms with E-state index in [1.165, 1.54) is 5.56 Å². The Morgan fingerprint density at radius 2 is 2.00 bits per heavy atom. The van der Waals surface area contributed by atoms with Crippen LogP contribution in [-0.2, 0) is 6.42 Å². The number of anilines is 1. The van der Waals surface area contributed by atoms with Gasteiger partial charge in [0.2, 0.25) is 0 Å². The zero-order valence-electron chi connectivity index (χ0n) is 11.2. The van der Waals surface area contributed by atoms with E-state index < -0.39 is 0 Å². The topological polar surface area (TPSA) is 81.7 Å². The molecule has 18 heavy (non-hydrogen) atoms. The first-order valence-corrected chi connectivity index (χ1v) is 5.94. The average Bonchev–Trinajstić information content (AvgIpc) is 2.63. The fourth-order valence-electron chi connectivity index (χ4n) is 2.14. The van der Waals surface area contributed by atoms with Gasteiger partial charge in [0.05, 0.1) is 5.69 Å². The van der Waals surface area contributed by atoms with E-state index in [0.29, 0.717) is 11.6 Å². The van der Waals surface area contributed by atoms with Crippen LogP contribution in [0, 0.1) is 20.8 Å². The van der Waals surface area contributed by atoms with Gasteiger partial charge in [0, 0.05) is 11.8 Å². The average molecular weight is 246 g/mol. The van der Waals surface area contributed by atoms with Gasteiger partial charge in [-0.25, -0.2) is 20.5 Å². The second-order valence-corrected chi connectivity index (χ2v) is 4.22. The molecule has 0 saturated carbocycles. The first-order chi connectivity index (χ1) is 8.56. The Hall–Kier alpha value is -1.95. The number of aromatic nitrogens is 4. The fourth-order valence-corrected chi connectivity index (χ4v) is 2.14. The minimum Gasteiger partial charge on any atom is -0.308 e. The quantitative estimate of drug-likeness (QED) is 0.632. The highest BCUT2D eigenvalue weighted by Gasteiger charge is 2.13. The number of hydrogen-bond acceptors (Lipinski definition) is 5. The van der Waals surface area contributed by atoms with Crippen molar-refractivity contribution in [3.8, 4) is 5.82 Å². The molecule has 6 heteroatoms. The zero-order chi connectivity index (χ0) is 13.3. The smallest absolute Gasteiger partial charge is 0.159 e. The van der Waals surface area contributed by atoms with Crippen molar-refractivity contribution in [3.63, 3.8) is 0 Å². The molecule has 0 spiro atoms. The summed E-state index contributed by atoms with van der Waals surface area (Å²) >= 11 is 0. The van der Waals surface area contributed by atoms with Crippen molar-refractivity contribution >= 4 is 5.82 Å².